The number of hydrogen-bond donors (Lipinski definition) is 1. The average molecular weight is 793 g/mol. The highest BCUT2D eigenvalue weighted by molar-refractivity contribution is 6.76. The maximum Gasteiger partial charge on any atom is 0.192 e. The molecule has 4 aliphatic carbocycles. The normalized spacial score (nSPS) is 32.7. The fraction of sp³-hybridized carbons (Fsp3) is 0.909. The van der Waals surface area contributed by atoms with E-state index in [1.54, 1.807) is 11.1 Å². The second-order valence-electron chi connectivity index (χ2n) is 22.9. The molecule has 0 aromatic rings. The Morgan fingerprint density at radius 3 is 2.02 bits per heavy atom. The van der Waals surface area contributed by atoms with E-state index >= 15 is 0 Å². The van der Waals surface area contributed by atoms with E-state index in [9.17, 15) is 5.11 Å². The van der Waals surface area contributed by atoms with Gasteiger partial charge in [0.05, 0.1) is 30.5 Å². The van der Waals surface area contributed by atoms with Crippen LogP contribution in [0.15, 0.2) is 23.3 Å². The quantitative estimate of drug-likeness (QED) is 0.101. The lowest BCUT2D eigenvalue weighted by atomic mass is 9.49. The molecule has 0 unspecified atom stereocenters. The second-order valence-corrected chi connectivity index (χ2v) is 38.1. The summed E-state index contributed by atoms with van der Waals surface area (Å²) in [5.74, 6) is 1.48. The number of aliphatic hydroxyl groups is 1. The van der Waals surface area contributed by atoms with E-state index in [0.717, 1.165) is 25.3 Å². The van der Waals surface area contributed by atoms with Gasteiger partial charge in [0.2, 0.25) is 0 Å². The number of ether oxygens (including phenoxy) is 3. The van der Waals surface area contributed by atoms with Crippen molar-refractivity contribution >= 4 is 24.7 Å². The topological polar surface area (TPSA) is 66.4 Å². The van der Waals surface area contributed by atoms with Crippen molar-refractivity contribution in [3.05, 3.63) is 23.3 Å². The molecule has 3 fully saturated rings. The first-order valence-electron chi connectivity index (χ1n) is 21.2. The Morgan fingerprint density at radius 1 is 0.830 bits per heavy atom. The summed E-state index contributed by atoms with van der Waals surface area (Å²) in [5.41, 5.74) is 2.62. The predicted octanol–water partition coefficient (Wildman–Crippen LogP) is 11.7. The maximum absolute atomic E-state index is 11.2. The molecule has 0 amide bonds. The van der Waals surface area contributed by atoms with Crippen LogP contribution in [0, 0.1) is 28.6 Å². The lowest BCUT2D eigenvalue weighted by molar-refractivity contribution is -0.184. The van der Waals surface area contributed by atoms with Gasteiger partial charge in [0.25, 0.3) is 0 Å². The van der Waals surface area contributed by atoms with Crippen molar-refractivity contribution in [2.24, 2.45) is 28.6 Å². The second kappa shape index (κ2) is 15.9. The summed E-state index contributed by atoms with van der Waals surface area (Å²) in [4.78, 5) is 0. The van der Waals surface area contributed by atoms with E-state index in [1.165, 1.54) is 19.3 Å². The molecular formula is C44H84O6Si3. The standard InChI is InChI=1S/C44H84O6Si3/c1-31(47-29-38(45)42(8,9)48-30-46-25-26-51(12,13)14)35-21-22-36-34-20-19-32-27-33(49-52(15,16)40(2,3)4)28-39(50-53(17,18)41(5,6)7)44(32,11)37(34)23-24-43(35,36)10/h19-20,31,33,35-39,45H,21-30H2,1-18H3/t31-,33+,35+,36-,37-,38-,39-,43+,44-/m0/s1. The van der Waals surface area contributed by atoms with Gasteiger partial charge in [-0.1, -0.05) is 98.3 Å². The first kappa shape index (κ1) is 45.6. The molecule has 0 aliphatic heterocycles. The van der Waals surface area contributed by atoms with E-state index in [4.69, 9.17) is 23.1 Å². The van der Waals surface area contributed by atoms with Crippen LogP contribution >= 0.6 is 0 Å². The van der Waals surface area contributed by atoms with Crippen LogP contribution in [0.3, 0.4) is 0 Å². The van der Waals surface area contributed by atoms with E-state index in [2.05, 4.69) is 120 Å². The zero-order chi connectivity index (χ0) is 40.2. The van der Waals surface area contributed by atoms with Crippen LogP contribution in [0.1, 0.15) is 115 Å². The third-order valence-corrected chi connectivity index (χ3v) is 26.3. The first-order chi connectivity index (χ1) is 24.0. The zero-order valence-corrected chi connectivity index (χ0v) is 40.8. The summed E-state index contributed by atoms with van der Waals surface area (Å²) in [6, 6.07) is 1.10. The van der Waals surface area contributed by atoms with Crippen LogP contribution < -0.4 is 0 Å². The first-order valence-corrected chi connectivity index (χ1v) is 30.8. The fourth-order valence-electron chi connectivity index (χ4n) is 9.49. The van der Waals surface area contributed by atoms with Crippen LogP contribution in [0.2, 0.25) is 61.9 Å². The van der Waals surface area contributed by atoms with Gasteiger partial charge in [-0.05, 0) is 125 Å². The van der Waals surface area contributed by atoms with Crippen LogP contribution in [-0.4, -0.2) is 79.8 Å². The summed E-state index contributed by atoms with van der Waals surface area (Å²) >= 11 is 0. The van der Waals surface area contributed by atoms with Crippen molar-refractivity contribution < 1.29 is 28.2 Å². The van der Waals surface area contributed by atoms with E-state index in [-0.39, 0.29) is 52.6 Å². The molecule has 308 valence electrons. The summed E-state index contributed by atoms with van der Waals surface area (Å²) in [5, 5.41) is 11.5. The van der Waals surface area contributed by atoms with Gasteiger partial charge in [0.15, 0.2) is 16.6 Å². The van der Waals surface area contributed by atoms with Gasteiger partial charge in [-0.3, -0.25) is 0 Å². The molecule has 6 nitrogen and oxygen atoms in total. The molecular weight excluding hydrogens is 709 g/mol. The Hall–Kier alpha value is -0.109. The summed E-state index contributed by atoms with van der Waals surface area (Å²) < 4.78 is 33.1. The SMILES string of the molecule is C[C@H](OC[C@H](O)C(C)(C)OCOCC[Si](C)(C)C)[C@H]1CC[C@H]2C3=CC=C4C[C@@H](O[Si](C)(C)C(C)(C)C)C[C@H](O[Si](C)(C)C(C)(C)C)[C@]4(C)[C@H]3CC[C@]12C. The van der Waals surface area contributed by atoms with Gasteiger partial charge < -0.3 is 28.2 Å². The smallest absolute Gasteiger partial charge is 0.192 e. The Morgan fingerprint density at radius 2 is 1.43 bits per heavy atom. The van der Waals surface area contributed by atoms with Gasteiger partial charge in [-0.15, -0.1) is 0 Å². The van der Waals surface area contributed by atoms with Crippen LogP contribution in [-0.2, 0) is 23.1 Å². The van der Waals surface area contributed by atoms with E-state index in [0.29, 0.717) is 24.4 Å². The molecule has 3 saturated carbocycles. The molecule has 0 aromatic carbocycles. The third-order valence-electron chi connectivity index (χ3n) is 15.6. The molecule has 0 saturated heterocycles. The summed E-state index contributed by atoms with van der Waals surface area (Å²) in [6.45, 7) is 43.3. The monoisotopic (exact) mass is 793 g/mol. The van der Waals surface area contributed by atoms with Crippen molar-refractivity contribution in [1.29, 1.82) is 0 Å². The van der Waals surface area contributed by atoms with Gasteiger partial charge >= 0.3 is 0 Å². The molecule has 0 heterocycles. The number of rotatable bonds is 15. The van der Waals surface area contributed by atoms with Crippen molar-refractivity contribution in [2.45, 2.75) is 207 Å². The van der Waals surface area contributed by atoms with Crippen LogP contribution in [0.4, 0.5) is 0 Å². The van der Waals surface area contributed by atoms with Crippen molar-refractivity contribution in [2.75, 3.05) is 20.0 Å². The lowest BCUT2D eigenvalue weighted by Crippen LogP contribution is -2.58. The number of fused-ring (bicyclic) bond motifs is 5. The number of hydrogen-bond acceptors (Lipinski definition) is 6. The van der Waals surface area contributed by atoms with Crippen molar-refractivity contribution in [1.82, 2.24) is 0 Å². The van der Waals surface area contributed by atoms with Crippen LogP contribution in [0.5, 0.6) is 0 Å². The zero-order valence-electron chi connectivity index (χ0n) is 37.8. The third kappa shape index (κ3) is 9.78. The Bertz CT molecular complexity index is 1320. The highest BCUT2D eigenvalue weighted by atomic mass is 28.4. The van der Waals surface area contributed by atoms with Gasteiger partial charge in [0.1, 0.15) is 12.9 Å². The summed E-state index contributed by atoms with van der Waals surface area (Å²) in [6.07, 6.45) is 11.5. The molecule has 9 heteroatoms. The fourth-order valence-corrected chi connectivity index (χ4v) is 13.0. The number of allylic oxidation sites excluding steroid dienone is 3. The predicted molar refractivity (Wildman–Crippen MR) is 230 cm³/mol. The molecule has 0 bridgehead atoms. The van der Waals surface area contributed by atoms with Crippen molar-refractivity contribution in [3.63, 3.8) is 0 Å². The summed E-state index contributed by atoms with van der Waals surface area (Å²) in [7, 11) is -5.15. The molecule has 0 spiro atoms. The Kier molecular flexibility index (Phi) is 13.7. The van der Waals surface area contributed by atoms with E-state index in [1.807, 2.05) is 13.8 Å². The molecule has 9 atom stereocenters. The van der Waals surface area contributed by atoms with Gasteiger partial charge in [-0.25, -0.2) is 0 Å². The maximum atomic E-state index is 11.2. The molecule has 53 heavy (non-hydrogen) atoms. The molecule has 0 radical (unpaired) electrons. The highest BCUT2D eigenvalue weighted by Crippen LogP contribution is 2.66. The molecule has 4 rings (SSSR count). The Labute approximate surface area is 330 Å². The molecule has 1 N–H and O–H groups in total. The van der Waals surface area contributed by atoms with Gasteiger partial charge in [0, 0.05) is 20.1 Å². The Balaban J connectivity index is 1.50. The van der Waals surface area contributed by atoms with E-state index < -0.39 is 36.4 Å². The minimum Gasteiger partial charge on any atom is -0.414 e. The minimum absolute atomic E-state index is 0.0253. The molecule has 0 aromatic heterocycles. The van der Waals surface area contributed by atoms with Crippen LogP contribution in [0.25, 0.3) is 0 Å². The number of aliphatic hydroxyl groups excluding tert-OH is 1. The largest absolute Gasteiger partial charge is 0.414 e. The minimum atomic E-state index is -2.06. The van der Waals surface area contributed by atoms with Crippen molar-refractivity contribution in [3.8, 4) is 0 Å². The average Bonchev–Trinajstić information content (AvgIpc) is 3.35. The molecule has 4 aliphatic rings. The van der Waals surface area contributed by atoms with Gasteiger partial charge in [-0.2, -0.15) is 0 Å². The lowest BCUT2D eigenvalue weighted by Gasteiger charge is -2.59. The highest BCUT2D eigenvalue weighted by Gasteiger charge is 2.61.